The van der Waals surface area contributed by atoms with Crippen LogP contribution in [0.4, 0.5) is 0 Å². The summed E-state index contributed by atoms with van der Waals surface area (Å²) in [4.78, 5) is 3.72. The SMILES string of the molecule is Cn1cc(S(=O)(=O)NCC(O)C(C)(C)C)nc1Cl. The van der Waals surface area contributed by atoms with Crippen LogP contribution in [0.25, 0.3) is 0 Å². The van der Waals surface area contributed by atoms with E-state index >= 15 is 0 Å². The highest BCUT2D eigenvalue weighted by Crippen LogP contribution is 2.19. The minimum absolute atomic E-state index is 0.0694. The summed E-state index contributed by atoms with van der Waals surface area (Å²) in [6.07, 6.45) is 0.528. The molecule has 104 valence electrons. The maximum atomic E-state index is 11.9. The van der Waals surface area contributed by atoms with Crippen molar-refractivity contribution >= 4 is 21.6 Å². The third kappa shape index (κ3) is 3.68. The Morgan fingerprint density at radius 3 is 2.50 bits per heavy atom. The molecule has 18 heavy (non-hydrogen) atoms. The summed E-state index contributed by atoms with van der Waals surface area (Å²) in [6.45, 7) is 5.40. The van der Waals surface area contributed by atoms with Gasteiger partial charge in [0, 0.05) is 19.8 Å². The van der Waals surface area contributed by atoms with Crippen molar-refractivity contribution in [2.24, 2.45) is 12.5 Å². The number of nitrogens with one attached hydrogen (secondary N) is 1. The molecular weight excluding hydrogens is 278 g/mol. The van der Waals surface area contributed by atoms with Crippen LogP contribution in [0, 0.1) is 5.41 Å². The summed E-state index contributed by atoms with van der Waals surface area (Å²) in [5.41, 5.74) is -0.399. The molecule has 0 bridgehead atoms. The Kier molecular flexibility index (Phi) is 4.42. The molecule has 0 radical (unpaired) electrons. The van der Waals surface area contributed by atoms with E-state index in [1.54, 1.807) is 7.05 Å². The molecule has 2 N–H and O–H groups in total. The molecule has 0 aliphatic rings. The van der Waals surface area contributed by atoms with Gasteiger partial charge in [-0.05, 0) is 17.0 Å². The van der Waals surface area contributed by atoms with Crippen molar-refractivity contribution in [1.82, 2.24) is 14.3 Å². The quantitative estimate of drug-likeness (QED) is 0.859. The highest BCUT2D eigenvalue weighted by molar-refractivity contribution is 7.89. The van der Waals surface area contributed by atoms with E-state index in [9.17, 15) is 13.5 Å². The number of rotatable bonds is 4. The average molecular weight is 296 g/mol. The lowest BCUT2D eigenvalue weighted by Crippen LogP contribution is -2.39. The van der Waals surface area contributed by atoms with Crippen molar-refractivity contribution in [1.29, 1.82) is 0 Å². The summed E-state index contributed by atoms with van der Waals surface area (Å²) in [5, 5.41) is 9.71. The number of sulfonamides is 1. The van der Waals surface area contributed by atoms with E-state index in [4.69, 9.17) is 11.6 Å². The number of imidazole rings is 1. The molecule has 1 rings (SSSR count). The van der Waals surface area contributed by atoms with Crippen molar-refractivity contribution < 1.29 is 13.5 Å². The number of aliphatic hydroxyl groups is 1. The van der Waals surface area contributed by atoms with Crippen molar-refractivity contribution in [2.75, 3.05) is 6.54 Å². The maximum Gasteiger partial charge on any atom is 0.259 e. The average Bonchev–Trinajstić information content (AvgIpc) is 2.55. The Hall–Kier alpha value is -0.630. The van der Waals surface area contributed by atoms with Crippen LogP contribution < -0.4 is 4.72 Å². The maximum absolute atomic E-state index is 11.9. The van der Waals surface area contributed by atoms with Crippen molar-refractivity contribution in [3.8, 4) is 0 Å². The number of aromatic nitrogens is 2. The van der Waals surface area contributed by atoms with E-state index in [1.807, 2.05) is 20.8 Å². The van der Waals surface area contributed by atoms with E-state index in [0.29, 0.717) is 0 Å². The first kappa shape index (κ1) is 15.4. The second-order valence-corrected chi connectivity index (χ2v) is 7.24. The minimum atomic E-state index is -3.74. The molecule has 1 unspecified atom stereocenters. The summed E-state index contributed by atoms with van der Waals surface area (Å²) >= 11 is 5.68. The highest BCUT2D eigenvalue weighted by atomic mass is 35.5. The van der Waals surface area contributed by atoms with Crippen molar-refractivity contribution in [3.63, 3.8) is 0 Å². The molecule has 0 aliphatic carbocycles. The third-order valence-electron chi connectivity index (χ3n) is 2.54. The van der Waals surface area contributed by atoms with Gasteiger partial charge in [0.1, 0.15) is 0 Å². The van der Waals surface area contributed by atoms with Gasteiger partial charge >= 0.3 is 0 Å². The van der Waals surface area contributed by atoms with Gasteiger partial charge in [-0.25, -0.2) is 18.1 Å². The first-order valence-electron chi connectivity index (χ1n) is 5.40. The van der Waals surface area contributed by atoms with Crippen LogP contribution in [0.3, 0.4) is 0 Å². The molecule has 1 aromatic heterocycles. The zero-order chi connectivity index (χ0) is 14.1. The van der Waals surface area contributed by atoms with Crippen LogP contribution in [0.2, 0.25) is 5.28 Å². The van der Waals surface area contributed by atoms with E-state index in [1.165, 1.54) is 10.8 Å². The van der Waals surface area contributed by atoms with Gasteiger partial charge in [-0.15, -0.1) is 0 Å². The molecule has 0 aromatic carbocycles. The fourth-order valence-electron chi connectivity index (χ4n) is 1.12. The van der Waals surface area contributed by atoms with Gasteiger partial charge in [-0.2, -0.15) is 0 Å². The lowest BCUT2D eigenvalue weighted by Gasteiger charge is -2.25. The fourth-order valence-corrected chi connectivity index (χ4v) is 2.33. The Bertz CT molecular complexity index is 499. The van der Waals surface area contributed by atoms with E-state index < -0.39 is 21.5 Å². The van der Waals surface area contributed by atoms with E-state index in [0.717, 1.165) is 0 Å². The standard InChI is InChI=1S/C10H18ClN3O3S/c1-10(2,3)7(15)5-12-18(16,17)8-6-14(4)9(11)13-8/h6-7,12,15H,5H2,1-4H3. The Labute approximate surface area is 112 Å². The number of halogens is 1. The van der Waals surface area contributed by atoms with Crippen LogP contribution in [-0.4, -0.2) is 35.7 Å². The van der Waals surface area contributed by atoms with Crippen molar-refractivity contribution in [2.45, 2.75) is 31.9 Å². The molecular formula is C10H18ClN3O3S. The van der Waals surface area contributed by atoms with E-state index in [2.05, 4.69) is 9.71 Å². The molecule has 0 saturated carbocycles. The van der Waals surface area contributed by atoms with Crippen LogP contribution in [-0.2, 0) is 17.1 Å². The molecule has 0 fully saturated rings. The van der Waals surface area contributed by atoms with Gasteiger partial charge in [-0.1, -0.05) is 20.8 Å². The number of nitrogens with zero attached hydrogens (tertiary/aromatic N) is 2. The lowest BCUT2D eigenvalue weighted by atomic mass is 9.89. The highest BCUT2D eigenvalue weighted by Gasteiger charge is 2.25. The topological polar surface area (TPSA) is 84.2 Å². The summed E-state index contributed by atoms with van der Waals surface area (Å²) in [5.74, 6) is 0. The summed E-state index contributed by atoms with van der Waals surface area (Å²) in [6, 6.07) is 0. The molecule has 0 spiro atoms. The van der Waals surface area contributed by atoms with Crippen LogP contribution >= 0.6 is 11.6 Å². The van der Waals surface area contributed by atoms with Gasteiger partial charge in [-0.3, -0.25) is 0 Å². The first-order valence-corrected chi connectivity index (χ1v) is 7.27. The second kappa shape index (κ2) is 5.16. The van der Waals surface area contributed by atoms with E-state index in [-0.39, 0.29) is 16.9 Å². The predicted octanol–water partition coefficient (Wildman–Crippen LogP) is 0.759. The molecule has 0 saturated heterocycles. The predicted molar refractivity (Wildman–Crippen MR) is 68.9 cm³/mol. The lowest BCUT2D eigenvalue weighted by molar-refractivity contribution is 0.0677. The van der Waals surface area contributed by atoms with Crippen molar-refractivity contribution in [3.05, 3.63) is 11.5 Å². The molecule has 6 nitrogen and oxygen atoms in total. The first-order chi connectivity index (χ1) is 8.04. The smallest absolute Gasteiger partial charge is 0.259 e. The number of aryl methyl sites for hydroxylation is 1. The molecule has 1 aromatic rings. The second-order valence-electron chi connectivity index (χ2n) is 5.19. The van der Waals surface area contributed by atoms with Crippen LogP contribution in [0.1, 0.15) is 20.8 Å². The molecule has 1 heterocycles. The van der Waals surface area contributed by atoms with Gasteiger partial charge < -0.3 is 9.67 Å². The monoisotopic (exact) mass is 295 g/mol. The fraction of sp³-hybridized carbons (Fsp3) is 0.700. The van der Waals surface area contributed by atoms with Gasteiger partial charge in [0.25, 0.3) is 10.0 Å². The Morgan fingerprint density at radius 2 is 2.11 bits per heavy atom. The van der Waals surface area contributed by atoms with Gasteiger partial charge in [0.15, 0.2) is 5.03 Å². The molecule has 0 amide bonds. The third-order valence-corrected chi connectivity index (χ3v) is 4.18. The summed E-state index contributed by atoms with van der Waals surface area (Å²) < 4.78 is 27.5. The number of hydrogen-bond acceptors (Lipinski definition) is 4. The van der Waals surface area contributed by atoms with Crippen LogP contribution in [0.5, 0.6) is 0 Å². The molecule has 8 heteroatoms. The molecule has 1 atom stereocenters. The number of aliphatic hydroxyl groups excluding tert-OH is 1. The normalized spacial score (nSPS) is 14.8. The Balaban J connectivity index is 2.78. The molecule has 0 aliphatic heterocycles. The number of hydrogen-bond donors (Lipinski definition) is 2. The van der Waals surface area contributed by atoms with Gasteiger partial charge in [0.05, 0.1) is 6.10 Å². The Morgan fingerprint density at radius 1 is 1.56 bits per heavy atom. The largest absolute Gasteiger partial charge is 0.391 e. The zero-order valence-corrected chi connectivity index (χ0v) is 12.4. The summed E-state index contributed by atoms with van der Waals surface area (Å²) in [7, 11) is -2.15. The zero-order valence-electron chi connectivity index (χ0n) is 10.8. The van der Waals surface area contributed by atoms with Gasteiger partial charge in [0.2, 0.25) is 5.28 Å². The minimum Gasteiger partial charge on any atom is -0.391 e. The van der Waals surface area contributed by atoms with Crippen LogP contribution in [0.15, 0.2) is 11.2 Å².